The van der Waals surface area contributed by atoms with E-state index in [-0.39, 0.29) is 5.82 Å². The first kappa shape index (κ1) is 16.1. The second kappa shape index (κ2) is 6.79. The first-order valence-electron chi connectivity index (χ1n) is 7.36. The standard InChI is InChI=1S/C16H17FN6S/c1-11-14(10-22(2)20-11)18-16(24)19-15-7-8-23(21-15)9-12-5-3-4-6-13(12)17/h3-8,10H,9H2,1-2H3,(H2,18,19,21,24). The van der Waals surface area contributed by atoms with Gasteiger partial charge in [-0.15, -0.1) is 0 Å². The first-order valence-corrected chi connectivity index (χ1v) is 7.77. The number of anilines is 2. The quantitative estimate of drug-likeness (QED) is 0.713. The van der Waals surface area contributed by atoms with Crippen molar-refractivity contribution in [3.05, 3.63) is 59.8 Å². The summed E-state index contributed by atoms with van der Waals surface area (Å²) in [5.41, 5.74) is 2.27. The highest BCUT2D eigenvalue weighted by Crippen LogP contribution is 2.13. The molecule has 0 fully saturated rings. The van der Waals surface area contributed by atoms with Crippen LogP contribution in [0.3, 0.4) is 0 Å². The molecule has 2 N–H and O–H groups in total. The van der Waals surface area contributed by atoms with E-state index < -0.39 is 0 Å². The van der Waals surface area contributed by atoms with Gasteiger partial charge in [0.25, 0.3) is 0 Å². The average molecular weight is 344 g/mol. The lowest BCUT2D eigenvalue weighted by atomic mass is 10.2. The molecule has 24 heavy (non-hydrogen) atoms. The third-order valence-electron chi connectivity index (χ3n) is 3.43. The molecule has 6 nitrogen and oxygen atoms in total. The van der Waals surface area contributed by atoms with Crippen LogP contribution in [0.5, 0.6) is 0 Å². The molecule has 3 rings (SSSR count). The van der Waals surface area contributed by atoms with Gasteiger partial charge in [0, 0.05) is 31.1 Å². The van der Waals surface area contributed by atoms with Crippen LogP contribution >= 0.6 is 12.2 Å². The van der Waals surface area contributed by atoms with Crippen LogP contribution in [-0.4, -0.2) is 24.7 Å². The summed E-state index contributed by atoms with van der Waals surface area (Å²) in [4.78, 5) is 0. The summed E-state index contributed by atoms with van der Waals surface area (Å²) in [5, 5.41) is 15.1. The van der Waals surface area contributed by atoms with Crippen molar-refractivity contribution in [2.45, 2.75) is 13.5 Å². The summed E-state index contributed by atoms with van der Waals surface area (Å²) >= 11 is 5.28. The number of nitrogens with zero attached hydrogens (tertiary/aromatic N) is 4. The maximum atomic E-state index is 13.7. The van der Waals surface area contributed by atoms with E-state index in [4.69, 9.17) is 12.2 Å². The molecule has 0 aliphatic heterocycles. The average Bonchev–Trinajstić information content (AvgIpc) is 3.08. The van der Waals surface area contributed by atoms with Crippen molar-refractivity contribution in [3.63, 3.8) is 0 Å². The zero-order chi connectivity index (χ0) is 17.1. The van der Waals surface area contributed by atoms with Gasteiger partial charge in [-0.3, -0.25) is 9.36 Å². The van der Waals surface area contributed by atoms with Gasteiger partial charge in [0.15, 0.2) is 10.9 Å². The number of aromatic nitrogens is 4. The third kappa shape index (κ3) is 3.77. The summed E-state index contributed by atoms with van der Waals surface area (Å²) in [6.45, 7) is 2.25. The zero-order valence-electron chi connectivity index (χ0n) is 13.3. The summed E-state index contributed by atoms with van der Waals surface area (Å²) in [5.74, 6) is 0.345. The largest absolute Gasteiger partial charge is 0.330 e. The Morgan fingerprint density at radius 2 is 2.00 bits per heavy atom. The molecule has 0 aliphatic rings. The minimum atomic E-state index is -0.244. The van der Waals surface area contributed by atoms with Gasteiger partial charge in [0.2, 0.25) is 0 Å². The summed E-state index contributed by atoms with van der Waals surface area (Å²) in [6, 6.07) is 8.43. The smallest absolute Gasteiger partial charge is 0.176 e. The maximum absolute atomic E-state index is 13.7. The Labute approximate surface area is 144 Å². The molecule has 124 valence electrons. The van der Waals surface area contributed by atoms with E-state index >= 15 is 0 Å². The molecule has 0 bridgehead atoms. The van der Waals surface area contributed by atoms with Gasteiger partial charge in [-0.2, -0.15) is 10.2 Å². The van der Waals surface area contributed by atoms with E-state index in [1.165, 1.54) is 6.07 Å². The SMILES string of the molecule is Cc1nn(C)cc1NC(=S)Nc1ccn(Cc2ccccc2F)n1. The lowest BCUT2D eigenvalue weighted by molar-refractivity contribution is 0.586. The number of hydrogen-bond acceptors (Lipinski definition) is 3. The van der Waals surface area contributed by atoms with E-state index in [1.807, 2.05) is 20.2 Å². The zero-order valence-corrected chi connectivity index (χ0v) is 14.1. The van der Waals surface area contributed by atoms with E-state index in [2.05, 4.69) is 20.8 Å². The highest BCUT2D eigenvalue weighted by molar-refractivity contribution is 7.80. The van der Waals surface area contributed by atoms with Crippen LogP contribution in [0.15, 0.2) is 42.7 Å². The summed E-state index contributed by atoms with van der Waals surface area (Å²) in [6.07, 6.45) is 3.62. The van der Waals surface area contributed by atoms with Gasteiger partial charge in [-0.25, -0.2) is 4.39 Å². The van der Waals surface area contributed by atoms with Crippen molar-refractivity contribution in [3.8, 4) is 0 Å². The number of aryl methyl sites for hydroxylation is 2. The molecule has 0 unspecified atom stereocenters. The van der Waals surface area contributed by atoms with Crippen molar-refractivity contribution >= 4 is 28.8 Å². The van der Waals surface area contributed by atoms with Crippen LogP contribution in [-0.2, 0) is 13.6 Å². The molecule has 1 aromatic carbocycles. The number of halogens is 1. The fourth-order valence-corrected chi connectivity index (χ4v) is 2.52. The predicted molar refractivity (Wildman–Crippen MR) is 95.5 cm³/mol. The van der Waals surface area contributed by atoms with Crippen molar-refractivity contribution < 1.29 is 4.39 Å². The molecule has 2 aromatic heterocycles. The van der Waals surface area contributed by atoms with E-state index in [0.29, 0.717) is 23.0 Å². The summed E-state index contributed by atoms with van der Waals surface area (Å²) in [7, 11) is 1.85. The van der Waals surface area contributed by atoms with Crippen LogP contribution in [0, 0.1) is 12.7 Å². The first-order chi connectivity index (χ1) is 11.5. The monoisotopic (exact) mass is 344 g/mol. The van der Waals surface area contributed by atoms with Crippen molar-refractivity contribution in [2.24, 2.45) is 7.05 Å². The van der Waals surface area contributed by atoms with Crippen LogP contribution in [0.1, 0.15) is 11.3 Å². The fraction of sp³-hybridized carbons (Fsp3) is 0.188. The Morgan fingerprint density at radius 3 is 2.71 bits per heavy atom. The van der Waals surface area contributed by atoms with E-state index in [9.17, 15) is 4.39 Å². The molecule has 0 saturated carbocycles. The highest BCUT2D eigenvalue weighted by Gasteiger charge is 2.07. The highest BCUT2D eigenvalue weighted by atomic mass is 32.1. The molecule has 2 heterocycles. The van der Waals surface area contributed by atoms with Gasteiger partial charge in [-0.1, -0.05) is 18.2 Å². The fourth-order valence-electron chi connectivity index (χ4n) is 2.31. The molecule has 0 spiro atoms. The molecular formula is C16H17FN6S. The van der Waals surface area contributed by atoms with Crippen LogP contribution in [0.4, 0.5) is 15.9 Å². The van der Waals surface area contributed by atoms with Crippen molar-refractivity contribution in [1.29, 1.82) is 0 Å². The molecule has 8 heteroatoms. The molecule has 0 amide bonds. The van der Waals surface area contributed by atoms with Gasteiger partial charge in [0.05, 0.1) is 17.9 Å². The van der Waals surface area contributed by atoms with Crippen molar-refractivity contribution in [2.75, 3.05) is 10.6 Å². The van der Waals surface area contributed by atoms with Crippen LogP contribution < -0.4 is 10.6 Å². The number of benzene rings is 1. The molecule has 0 saturated heterocycles. The lowest BCUT2D eigenvalue weighted by Gasteiger charge is -2.07. The minimum absolute atomic E-state index is 0.244. The Balaban J connectivity index is 1.62. The van der Waals surface area contributed by atoms with Crippen LogP contribution in [0.2, 0.25) is 0 Å². The Kier molecular flexibility index (Phi) is 4.57. The van der Waals surface area contributed by atoms with Crippen molar-refractivity contribution in [1.82, 2.24) is 19.6 Å². The molecule has 3 aromatic rings. The topological polar surface area (TPSA) is 59.7 Å². The lowest BCUT2D eigenvalue weighted by Crippen LogP contribution is -2.19. The van der Waals surface area contributed by atoms with E-state index in [0.717, 1.165) is 11.4 Å². The summed E-state index contributed by atoms with van der Waals surface area (Å²) < 4.78 is 17.0. The number of nitrogens with one attached hydrogen (secondary N) is 2. The van der Waals surface area contributed by atoms with E-state index in [1.54, 1.807) is 39.8 Å². The molecule has 0 aliphatic carbocycles. The van der Waals surface area contributed by atoms with Gasteiger partial charge in [0.1, 0.15) is 5.82 Å². The second-order valence-corrected chi connectivity index (χ2v) is 5.78. The third-order valence-corrected chi connectivity index (χ3v) is 3.64. The Bertz CT molecular complexity index is 869. The Morgan fingerprint density at radius 1 is 1.21 bits per heavy atom. The number of rotatable bonds is 4. The van der Waals surface area contributed by atoms with Crippen LogP contribution in [0.25, 0.3) is 0 Å². The van der Waals surface area contributed by atoms with Gasteiger partial charge < -0.3 is 10.6 Å². The second-order valence-electron chi connectivity index (χ2n) is 5.37. The number of thiocarbonyl (C=S) groups is 1. The maximum Gasteiger partial charge on any atom is 0.176 e. The minimum Gasteiger partial charge on any atom is -0.330 e. The Hall–Kier alpha value is -2.74. The normalized spacial score (nSPS) is 10.6. The van der Waals surface area contributed by atoms with Gasteiger partial charge >= 0.3 is 0 Å². The molecule has 0 radical (unpaired) electrons. The van der Waals surface area contributed by atoms with Gasteiger partial charge in [-0.05, 0) is 25.2 Å². The number of hydrogen-bond donors (Lipinski definition) is 2. The predicted octanol–water partition coefficient (Wildman–Crippen LogP) is 2.92. The molecular weight excluding hydrogens is 327 g/mol. The molecule has 0 atom stereocenters.